The van der Waals surface area contributed by atoms with Gasteiger partial charge in [-0.2, -0.15) is 15.2 Å². The van der Waals surface area contributed by atoms with E-state index in [1.54, 1.807) is 15.4 Å². The number of hydrogen-bond acceptors (Lipinski definition) is 6. The van der Waals surface area contributed by atoms with E-state index in [0.717, 1.165) is 33.7 Å². The molecule has 0 saturated heterocycles. The van der Waals surface area contributed by atoms with Crippen molar-refractivity contribution < 1.29 is 4.79 Å². The van der Waals surface area contributed by atoms with Gasteiger partial charge in [0, 0.05) is 30.2 Å². The highest BCUT2D eigenvalue weighted by molar-refractivity contribution is 5.93. The Morgan fingerprint density at radius 3 is 2.81 bits per heavy atom. The van der Waals surface area contributed by atoms with E-state index in [1.807, 2.05) is 33.9 Å². The van der Waals surface area contributed by atoms with E-state index in [0.29, 0.717) is 24.3 Å². The summed E-state index contributed by atoms with van der Waals surface area (Å²) in [6.45, 7) is 5.82. The Morgan fingerprint density at radius 1 is 1.19 bits per heavy atom. The molecule has 1 N–H and O–H groups in total. The molecule has 0 aliphatic heterocycles. The molecule has 0 aliphatic rings. The fraction of sp³-hybridized carbons (Fsp3) is 0.333. The number of aryl methyl sites for hydroxylation is 4. The molecular weight excluding hydrogens is 344 g/mol. The third-order valence-corrected chi connectivity index (χ3v) is 4.74. The Bertz CT molecular complexity index is 1170. The van der Waals surface area contributed by atoms with Crippen LogP contribution in [0.4, 0.5) is 5.69 Å². The zero-order valence-electron chi connectivity index (χ0n) is 15.7. The highest BCUT2D eigenvalue weighted by Gasteiger charge is 2.13. The summed E-state index contributed by atoms with van der Waals surface area (Å²) < 4.78 is 3.43. The number of rotatable bonds is 4. The number of hydrogen-bond donors (Lipinski definition) is 1. The largest absolute Gasteiger partial charge is 0.325 e. The molecule has 138 valence electrons. The maximum absolute atomic E-state index is 12.4. The summed E-state index contributed by atoms with van der Waals surface area (Å²) in [7, 11) is 1.85. The van der Waals surface area contributed by atoms with Gasteiger partial charge in [0.05, 0.1) is 17.6 Å². The molecule has 0 aliphatic carbocycles. The van der Waals surface area contributed by atoms with E-state index >= 15 is 0 Å². The predicted molar refractivity (Wildman–Crippen MR) is 100 cm³/mol. The second-order valence-corrected chi connectivity index (χ2v) is 6.59. The Hall–Kier alpha value is -3.36. The smallest absolute Gasteiger partial charge is 0.252 e. The van der Waals surface area contributed by atoms with Gasteiger partial charge in [0.15, 0.2) is 5.65 Å². The quantitative estimate of drug-likeness (QED) is 0.593. The molecule has 0 radical (unpaired) electrons. The van der Waals surface area contributed by atoms with Gasteiger partial charge in [0.25, 0.3) is 5.78 Å². The second-order valence-electron chi connectivity index (χ2n) is 6.59. The standard InChI is InChI=1S/C18H20N8O/c1-10-14(12(3)26-18(22-10)20-9-21-26)5-6-16(27)23-13-7-15-11(2)24-25(4)17(15)19-8-13/h7-9H,5-6H2,1-4H3,(H,23,27). The molecule has 0 aromatic carbocycles. The molecule has 27 heavy (non-hydrogen) atoms. The van der Waals surface area contributed by atoms with Gasteiger partial charge in [-0.15, -0.1) is 0 Å². The molecule has 0 saturated carbocycles. The van der Waals surface area contributed by atoms with Crippen LogP contribution in [0, 0.1) is 20.8 Å². The first kappa shape index (κ1) is 17.1. The van der Waals surface area contributed by atoms with Crippen molar-refractivity contribution in [3.05, 3.63) is 41.2 Å². The van der Waals surface area contributed by atoms with Gasteiger partial charge in [0.1, 0.15) is 6.33 Å². The van der Waals surface area contributed by atoms with E-state index in [2.05, 4.69) is 30.5 Å². The number of carbonyl (C=O) groups is 1. The topological polar surface area (TPSA) is 103 Å². The number of nitrogens with one attached hydrogen (secondary N) is 1. The van der Waals surface area contributed by atoms with E-state index in [-0.39, 0.29) is 5.91 Å². The molecule has 4 rings (SSSR count). The zero-order valence-corrected chi connectivity index (χ0v) is 15.7. The summed E-state index contributed by atoms with van der Waals surface area (Å²) in [5, 5.41) is 12.4. The highest BCUT2D eigenvalue weighted by atomic mass is 16.1. The summed E-state index contributed by atoms with van der Waals surface area (Å²) in [5.41, 5.74) is 5.19. The van der Waals surface area contributed by atoms with Crippen LogP contribution in [-0.2, 0) is 18.3 Å². The molecule has 0 unspecified atom stereocenters. The Morgan fingerprint density at radius 2 is 2.00 bits per heavy atom. The Labute approximate surface area is 155 Å². The molecule has 4 heterocycles. The molecule has 1 amide bonds. The van der Waals surface area contributed by atoms with Crippen molar-refractivity contribution in [3.8, 4) is 0 Å². The number of nitrogens with zero attached hydrogens (tertiary/aromatic N) is 7. The Kier molecular flexibility index (Phi) is 4.06. The van der Waals surface area contributed by atoms with Crippen LogP contribution in [0.3, 0.4) is 0 Å². The second kappa shape index (κ2) is 6.42. The van der Waals surface area contributed by atoms with Crippen molar-refractivity contribution in [3.63, 3.8) is 0 Å². The van der Waals surface area contributed by atoms with Crippen molar-refractivity contribution in [1.82, 2.24) is 34.3 Å². The third kappa shape index (κ3) is 3.01. The van der Waals surface area contributed by atoms with Gasteiger partial charge >= 0.3 is 0 Å². The van der Waals surface area contributed by atoms with Gasteiger partial charge in [-0.25, -0.2) is 14.5 Å². The van der Waals surface area contributed by atoms with Gasteiger partial charge < -0.3 is 5.32 Å². The van der Waals surface area contributed by atoms with Crippen molar-refractivity contribution in [2.75, 3.05) is 5.32 Å². The van der Waals surface area contributed by atoms with Crippen LogP contribution in [-0.4, -0.2) is 40.3 Å². The average molecular weight is 364 g/mol. The van der Waals surface area contributed by atoms with E-state index in [1.165, 1.54) is 6.33 Å². The van der Waals surface area contributed by atoms with Crippen LogP contribution < -0.4 is 5.32 Å². The van der Waals surface area contributed by atoms with Gasteiger partial charge in [-0.3, -0.25) is 9.48 Å². The lowest BCUT2D eigenvalue weighted by atomic mass is 10.1. The molecular formula is C18H20N8O. The fourth-order valence-electron chi connectivity index (χ4n) is 3.36. The first-order chi connectivity index (χ1) is 12.9. The molecule has 9 heteroatoms. The SMILES string of the molecule is Cc1nc2ncnn2c(C)c1CCC(=O)Nc1cnc2c(c1)c(C)nn2C. The summed E-state index contributed by atoms with van der Waals surface area (Å²) in [4.78, 5) is 25.4. The monoisotopic (exact) mass is 364 g/mol. The van der Waals surface area contributed by atoms with Crippen molar-refractivity contribution in [1.29, 1.82) is 0 Å². The van der Waals surface area contributed by atoms with Gasteiger partial charge in [0.2, 0.25) is 5.91 Å². The van der Waals surface area contributed by atoms with E-state index < -0.39 is 0 Å². The predicted octanol–water partition coefficient (Wildman–Crippen LogP) is 1.90. The Balaban J connectivity index is 1.49. The van der Waals surface area contributed by atoms with Crippen molar-refractivity contribution >= 4 is 28.4 Å². The van der Waals surface area contributed by atoms with E-state index in [9.17, 15) is 4.79 Å². The summed E-state index contributed by atoms with van der Waals surface area (Å²) >= 11 is 0. The van der Waals surface area contributed by atoms with Crippen LogP contribution in [0.5, 0.6) is 0 Å². The van der Waals surface area contributed by atoms with Crippen LogP contribution in [0.15, 0.2) is 18.6 Å². The molecule has 9 nitrogen and oxygen atoms in total. The third-order valence-electron chi connectivity index (χ3n) is 4.74. The van der Waals surface area contributed by atoms with Crippen LogP contribution in [0.25, 0.3) is 16.8 Å². The molecule has 0 bridgehead atoms. The zero-order chi connectivity index (χ0) is 19.1. The summed E-state index contributed by atoms with van der Waals surface area (Å²) in [6.07, 6.45) is 4.05. The minimum atomic E-state index is -0.0739. The summed E-state index contributed by atoms with van der Waals surface area (Å²) in [6, 6.07) is 1.90. The van der Waals surface area contributed by atoms with Gasteiger partial charge in [-0.05, 0) is 38.8 Å². The average Bonchev–Trinajstić information content (AvgIpc) is 3.19. The maximum Gasteiger partial charge on any atom is 0.252 e. The first-order valence-electron chi connectivity index (χ1n) is 8.69. The number of aromatic nitrogens is 7. The van der Waals surface area contributed by atoms with Crippen LogP contribution in [0.1, 0.15) is 29.1 Å². The van der Waals surface area contributed by atoms with Crippen LogP contribution in [0.2, 0.25) is 0 Å². The normalized spacial score (nSPS) is 11.4. The molecule has 0 atom stereocenters. The van der Waals surface area contributed by atoms with Crippen molar-refractivity contribution in [2.24, 2.45) is 7.05 Å². The minimum absolute atomic E-state index is 0.0739. The number of carbonyl (C=O) groups excluding carboxylic acids is 1. The number of fused-ring (bicyclic) bond motifs is 2. The number of pyridine rings is 1. The lowest BCUT2D eigenvalue weighted by Crippen LogP contribution is -2.14. The minimum Gasteiger partial charge on any atom is -0.325 e. The first-order valence-corrected chi connectivity index (χ1v) is 8.69. The number of amides is 1. The molecule has 0 spiro atoms. The van der Waals surface area contributed by atoms with E-state index in [4.69, 9.17) is 0 Å². The molecule has 0 fully saturated rings. The van der Waals surface area contributed by atoms with Gasteiger partial charge in [-0.1, -0.05) is 0 Å². The highest BCUT2D eigenvalue weighted by Crippen LogP contribution is 2.20. The molecule has 4 aromatic heterocycles. The lowest BCUT2D eigenvalue weighted by Gasteiger charge is -2.10. The number of anilines is 1. The summed E-state index contributed by atoms with van der Waals surface area (Å²) in [5.74, 6) is 0.500. The molecule has 4 aromatic rings. The lowest BCUT2D eigenvalue weighted by molar-refractivity contribution is -0.116. The maximum atomic E-state index is 12.4. The fourth-order valence-corrected chi connectivity index (χ4v) is 3.36. The van der Waals surface area contributed by atoms with Crippen LogP contribution >= 0.6 is 0 Å². The van der Waals surface area contributed by atoms with Crippen molar-refractivity contribution in [2.45, 2.75) is 33.6 Å².